The van der Waals surface area contributed by atoms with E-state index in [1.54, 1.807) is 4.88 Å². The quantitative estimate of drug-likeness (QED) is 0.888. The van der Waals surface area contributed by atoms with Crippen LogP contribution in [0.5, 0.6) is 0 Å². The van der Waals surface area contributed by atoms with Crippen molar-refractivity contribution in [3.05, 3.63) is 21.9 Å². The lowest BCUT2D eigenvalue weighted by atomic mass is 9.93. The van der Waals surface area contributed by atoms with Gasteiger partial charge < -0.3 is 5.73 Å². The second-order valence-electron chi connectivity index (χ2n) is 5.63. The average molecular weight is 280 g/mol. The van der Waals surface area contributed by atoms with E-state index in [0.29, 0.717) is 12.0 Å². The Kier molecular flexibility index (Phi) is 5.86. The molecule has 0 aromatic carbocycles. The van der Waals surface area contributed by atoms with Gasteiger partial charge in [0.2, 0.25) is 0 Å². The standard InChI is InChI=1S/C16H28N2S/c1-3-10-18-11-6-5-7-13(12-17)16(18)15-9-8-14(4-2)19-15/h8-9,13,16H,3-7,10-12,17H2,1-2H3. The molecule has 2 N–H and O–H groups in total. The zero-order valence-corrected chi connectivity index (χ0v) is 13.2. The predicted octanol–water partition coefficient (Wildman–Crippen LogP) is 3.82. The Balaban J connectivity index is 2.25. The molecule has 0 amide bonds. The fraction of sp³-hybridized carbons (Fsp3) is 0.750. The molecule has 1 fully saturated rings. The minimum absolute atomic E-state index is 0.567. The molecular weight excluding hydrogens is 252 g/mol. The second kappa shape index (κ2) is 7.41. The monoisotopic (exact) mass is 280 g/mol. The number of hydrogen-bond acceptors (Lipinski definition) is 3. The Hall–Kier alpha value is -0.380. The van der Waals surface area contributed by atoms with Gasteiger partial charge in [0.05, 0.1) is 0 Å². The molecule has 0 bridgehead atoms. The molecule has 2 heterocycles. The van der Waals surface area contributed by atoms with E-state index in [-0.39, 0.29) is 0 Å². The van der Waals surface area contributed by atoms with Crippen LogP contribution in [0.25, 0.3) is 0 Å². The Labute approximate surface area is 122 Å². The third-order valence-electron chi connectivity index (χ3n) is 4.25. The van der Waals surface area contributed by atoms with Crippen LogP contribution >= 0.6 is 11.3 Å². The SMILES string of the molecule is CCCN1CCCCC(CN)C1c1ccc(CC)s1. The summed E-state index contributed by atoms with van der Waals surface area (Å²) >= 11 is 2.00. The molecule has 2 unspecified atom stereocenters. The fourth-order valence-corrected chi connectivity index (χ4v) is 4.44. The maximum Gasteiger partial charge on any atom is 0.0481 e. The van der Waals surface area contributed by atoms with Crippen LogP contribution in [-0.2, 0) is 6.42 Å². The lowest BCUT2D eigenvalue weighted by molar-refractivity contribution is 0.161. The van der Waals surface area contributed by atoms with Crippen molar-refractivity contribution in [3.63, 3.8) is 0 Å². The van der Waals surface area contributed by atoms with Crippen LogP contribution in [0, 0.1) is 5.92 Å². The lowest BCUT2D eigenvalue weighted by Crippen LogP contribution is -2.35. The maximum atomic E-state index is 6.08. The fourth-order valence-electron chi connectivity index (χ4n) is 3.26. The summed E-state index contributed by atoms with van der Waals surface area (Å²) in [6.07, 6.45) is 6.35. The van der Waals surface area contributed by atoms with Gasteiger partial charge in [0.25, 0.3) is 0 Å². The Morgan fingerprint density at radius 1 is 1.32 bits per heavy atom. The molecule has 2 nitrogen and oxygen atoms in total. The number of nitrogens with two attached hydrogens (primary N) is 1. The normalized spacial score (nSPS) is 25.4. The highest BCUT2D eigenvalue weighted by Crippen LogP contribution is 2.38. The number of aryl methyl sites for hydroxylation is 1. The van der Waals surface area contributed by atoms with E-state index in [0.717, 1.165) is 13.0 Å². The molecule has 1 saturated heterocycles. The van der Waals surface area contributed by atoms with Crippen LogP contribution in [0.2, 0.25) is 0 Å². The van der Waals surface area contributed by atoms with E-state index in [9.17, 15) is 0 Å². The number of likely N-dealkylation sites (tertiary alicyclic amines) is 1. The Morgan fingerprint density at radius 3 is 2.79 bits per heavy atom. The third kappa shape index (κ3) is 3.59. The van der Waals surface area contributed by atoms with Gasteiger partial charge >= 0.3 is 0 Å². The Morgan fingerprint density at radius 2 is 2.16 bits per heavy atom. The van der Waals surface area contributed by atoms with Crippen molar-refractivity contribution in [3.8, 4) is 0 Å². The third-order valence-corrected chi connectivity index (χ3v) is 5.55. The van der Waals surface area contributed by atoms with Crippen LogP contribution < -0.4 is 5.73 Å². The number of nitrogens with zero attached hydrogens (tertiary/aromatic N) is 1. The van der Waals surface area contributed by atoms with Gasteiger partial charge in [-0.05, 0) is 63.4 Å². The summed E-state index contributed by atoms with van der Waals surface area (Å²) in [6.45, 7) is 7.80. The van der Waals surface area contributed by atoms with Crippen molar-refractivity contribution in [2.75, 3.05) is 19.6 Å². The van der Waals surface area contributed by atoms with Gasteiger partial charge in [-0.15, -0.1) is 11.3 Å². The van der Waals surface area contributed by atoms with Gasteiger partial charge in [-0.2, -0.15) is 0 Å². The topological polar surface area (TPSA) is 29.3 Å². The molecule has 108 valence electrons. The molecule has 0 saturated carbocycles. The van der Waals surface area contributed by atoms with E-state index in [1.807, 2.05) is 11.3 Å². The summed E-state index contributed by atoms with van der Waals surface area (Å²) in [5, 5.41) is 0. The van der Waals surface area contributed by atoms with E-state index in [2.05, 4.69) is 30.9 Å². The number of hydrogen-bond donors (Lipinski definition) is 1. The van der Waals surface area contributed by atoms with E-state index >= 15 is 0 Å². The van der Waals surface area contributed by atoms with Gasteiger partial charge in [0.1, 0.15) is 0 Å². The molecule has 0 radical (unpaired) electrons. The van der Waals surface area contributed by atoms with Crippen molar-refractivity contribution >= 4 is 11.3 Å². The molecule has 1 aromatic heterocycles. The van der Waals surface area contributed by atoms with Crippen LogP contribution in [0.3, 0.4) is 0 Å². The molecule has 1 aliphatic rings. The van der Waals surface area contributed by atoms with Crippen LogP contribution in [0.4, 0.5) is 0 Å². The van der Waals surface area contributed by atoms with E-state index < -0.39 is 0 Å². The zero-order valence-electron chi connectivity index (χ0n) is 12.4. The zero-order chi connectivity index (χ0) is 13.7. The smallest absolute Gasteiger partial charge is 0.0481 e. The molecule has 1 aliphatic heterocycles. The molecule has 2 rings (SSSR count). The maximum absolute atomic E-state index is 6.08. The van der Waals surface area contributed by atoms with Gasteiger partial charge in [-0.3, -0.25) is 4.90 Å². The molecular formula is C16H28N2S. The lowest BCUT2D eigenvalue weighted by Gasteiger charge is -2.34. The van der Waals surface area contributed by atoms with Crippen LogP contribution in [-0.4, -0.2) is 24.5 Å². The van der Waals surface area contributed by atoms with Crippen LogP contribution in [0.15, 0.2) is 12.1 Å². The minimum Gasteiger partial charge on any atom is -0.330 e. The molecule has 3 heteroatoms. The summed E-state index contributed by atoms with van der Waals surface area (Å²) in [5.41, 5.74) is 6.08. The van der Waals surface area contributed by atoms with Gasteiger partial charge in [0, 0.05) is 15.8 Å². The molecule has 2 atom stereocenters. The highest BCUT2D eigenvalue weighted by molar-refractivity contribution is 7.12. The van der Waals surface area contributed by atoms with E-state index in [4.69, 9.17) is 5.73 Å². The van der Waals surface area contributed by atoms with Crippen molar-refractivity contribution < 1.29 is 0 Å². The van der Waals surface area contributed by atoms with Gasteiger partial charge in [0.15, 0.2) is 0 Å². The largest absolute Gasteiger partial charge is 0.330 e. The first-order valence-corrected chi connectivity index (χ1v) is 8.64. The molecule has 0 spiro atoms. The van der Waals surface area contributed by atoms with Crippen molar-refractivity contribution in [1.82, 2.24) is 4.90 Å². The summed E-state index contributed by atoms with van der Waals surface area (Å²) in [6, 6.07) is 5.23. The summed E-state index contributed by atoms with van der Waals surface area (Å²) in [5.74, 6) is 0.636. The summed E-state index contributed by atoms with van der Waals surface area (Å²) < 4.78 is 0. The van der Waals surface area contributed by atoms with Gasteiger partial charge in [-0.1, -0.05) is 20.3 Å². The first-order chi connectivity index (χ1) is 9.30. The molecule has 19 heavy (non-hydrogen) atoms. The highest BCUT2D eigenvalue weighted by atomic mass is 32.1. The summed E-state index contributed by atoms with van der Waals surface area (Å²) in [7, 11) is 0. The van der Waals surface area contributed by atoms with Gasteiger partial charge in [-0.25, -0.2) is 0 Å². The van der Waals surface area contributed by atoms with Crippen molar-refractivity contribution in [1.29, 1.82) is 0 Å². The minimum atomic E-state index is 0.567. The molecule has 0 aliphatic carbocycles. The number of thiophene rings is 1. The second-order valence-corrected chi connectivity index (χ2v) is 6.83. The predicted molar refractivity (Wildman–Crippen MR) is 84.7 cm³/mol. The van der Waals surface area contributed by atoms with Crippen molar-refractivity contribution in [2.45, 2.75) is 52.0 Å². The Bertz CT molecular complexity index is 375. The first kappa shape index (κ1) is 15.0. The summed E-state index contributed by atoms with van der Waals surface area (Å²) in [4.78, 5) is 5.74. The first-order valence-electron chi connectivity index (χ1n) is 7.82. The highest BCUT2D eigenvalue weighted by Gasteiger charge is 2.30. The van der Waals surface area contributed by atoms with Crippen molar-refractivity contribution in [2.24, 2.45) is 11.7 Å². The van der Waals surface area contributed by atoms with E-state index in [1.165, 1.54) is 43.6 Å². The molecule has 1 aromatic rings. The average Bonchev–Trinajstić information content (AvgIpc) is 2.81. The number of rotatable bonds is 5. The van der Waals surface area contributed by atoms with Crippen LogP contribution in [0.1, 0.15) is 55.3 Å².